The summed E-state index contributed by atoms with van der Waals surface area (Å²) in [5, 5.41) is 2.79. The second-order valence-corrected chi connectivity index (χ2v) is 5.10. The van der Waals surface area contributed by atoms with Gasteiger partial charge in [0.1, 0.15) is 0 Å². The molecule has 2 atom stereocenters. The normalized spacial score (nSPS) is 19.7. The summed E-state index contributed by atoms with van der Waals surface area (Å²) in [5.74, 6) is -0.529. The van der Waals surface area contributed by atoms with Crippen LogP contribution >= 0.6 is 0 Å². The number of hydrogen-bond acceptors (Lipinski definition) is 4. The zero-order valence-electron chi connectivity index (χ0n) is 12.0. The number of carbonyl (C=O) groups excluding carboxylic acids is 1. The Morgan fingerprint density at radius 2 is 2.32 bits per heavy atom. The molecule has 0 aromatic carbocycles. The van der Waals surface area contributed by atoms with Crippen LogP contribution in [0.4, 0.5) is 13.2 Å². The van der Waals surface area contributed by atoms with Gasteiger partial charge in [0.15, 0.2) is 6.61 Å². The van der Waals surface area contributed by atoms with Crippen LogP contribution in [0.15, 0.2) is 18.3 Å². The summed E-state index contributed by atoms with van der Waals surface area (Å²) in [6, 6.07) is 2.46. The molecule has 1 amide bonds. The summed E-state index contributed by atoms with van der Waals surface area (Å²) in [7, 11) is 0. The van der Waals surface area contributed by atoms with Crippen molar-refractivity contribution < 1.29 is 27.4 Å². The number of amides is 1. The molecular formula is C14H17F3N2O3. The first-order valence-electron chi connectivity index (χ1n) is 6.93. The van der Waals surface area contributed by atoms with Crippen molar-refractivity contribution >= 4 is 5.91 Å². The third kappa shape index (κ3) is 4.87. The summed E-state index contributed by atoms with van der Waals surface area (Å²) >= 11 is 0. The van der Waals surface area contributed by atoms with Crippen molar-refractivity contribution in [1.82, 2.24) is 10.3 Å². The molecule has 1 aromatic heterocycles. The van der Waals surface area contributed by atoms with Gasteiger partial charge >= 0.3 is 6.18 Å². The first kappa shape index (κ1) is 16.5. The molecule has 0 aliphatic carbocycles. The van der Waals surface area contributed by atoms with Crippen molar-refractivity contribution in [3.05, 3.63) is 23.9 Å². The van der Waals surface area contributed by atoms with Crippen LogP contribution in [-0.2, 0) is 4.74 Å². The van der Waals surface area contributed by atoms with E-state index >= 15 is 0 Å². The molecule has 0 saturated carbocycles. The molecule has 8 heteroatoms. The van der Waals surface area contributed by atoms with Crippen molar-refractivity contribution in [3.8, 4) is 5.88 Å². The van der Waals surface area contributed by atoms with Gasteiger partial charge in [-0.15, -0.1) is 0 Å². The highest BCUT2D eigenvalue weighted by atomic mass is 19.4. The minimum atomic E-state index is -4.42. The molecule has 1 saturated heterocycles. The maximum absolute atomic E-state index is 12.0. The summed E-state index contributed by atoms with van der Waals surface area (Å²) in [6.45, 7) is 1.13. The zero-order valence-corrected chi connectivity index (χ0v) is 12.0. The number of rotatable bonds is 5. The topological polar surface area (TPSA) is 60.5 Å². The van der Waals surface area contributed by atoms with Gasteiger partial charge in [-0.2, -0.15) is 13.2 Å². The zero-order chi connectivity index (χ0) is 16.2. The van der Waals surface area contributed by atoms with Crippen molar-refractivity contribution in [2.75, 3.05) is 13.2 Å². The SMILES string of the molecule is C[C@@H](NC(=O)c1ccc(OCC(F)(F)F)nc1)[C@H]1CCCO1. The lowest BCUT2D eigenvalue weighted by Crippen LogP contribution is -2.40. The molecule has 2 heterocycles. The highest BCUT2D eigenvalue weighted by molar-refractivity contribution is 5.94. The molecule has 5 nitrogen and oxygen atoms in total. The van der Waals surface area contributed by atoms with Crippen molar-refractivity contribution in [2.24, 2.45) is 0 Å². The average Bonchev–Trinajstić information content (AvgIpc) is 2.99. The standard InChI is InChI=1S/C14H17F3N2O3/c1-9(11-3-2-6-21-11)19-13(20)10-4-5-12(18-7-10)22-8-14(15,16)17/h4-5,7,9,11H,2-3,6,8H2,1H3,(H,19,20)/t9-,11-/m1/s1. The van der Waals surface area contributed by atoms with Crippen LogP contribution in [0.5, 0.6) is 5.88 Å². The number of ether oxygens (including phenoxy) is 2. The molecule has 1 N–H and O–H groups in total. The highest BCUT2D eigenvalue weighted by Crippen LogP contribution is 2.18. The average molecular weight is 318 g/mol. The number of carbonyl (C=O) groups is 1. The van der Waals surface area contributed by atoms with E-state index in [4.69, 9.17) is 4.74 Å². The van der Waals surface area contributed by atoms with E-state index < -0.39 is 12.8 Å². The monoisotopic (exact) mass is 318 g/mol. The summed E-state index contributed by atoms with van der Waals surface area (Å²) in [4.78, 5) is 15.7. The van der Waals surface area contributed by atoms with Gasteiger partial charge in [0.05, 0.1) is 17.7 Å². The van der Waals surface area contributed by atoms with E-state index in [0.717, 1.165) is 12.8 Å². The molecule has 122 valence electrons. The lowest BCUT2D eigenvalue weighted by Gasteiger charge is -2.19. The Morgan fingerprint density at radius 3 is 2.86 bits per heavy atom. The molecule has 22 heavy (non-hydrogen) atoms. The van der Waals surface area contributed by atoms with Crippen LogP contribution in [-0.4, -0.2) is 42.4 Å². The Balaban J connectivity index is 1.87. The number of nitrogens with one attached hydrogen (secondary N) is 1. The lowest BCUT2D eigenvalue weighted by molar-refractivity contribution is -0.154. The maximum Gasteiger partial charge on any atom is 0.422 e. The number of aromatic nitrogens is 1. The van der Waals surface area contributed by atoms with Crippen LogP contribution < -0.4 is 10.1 Å². The predicted octanol–water partition coefficient (Wildman–Crippen LogP) is 2.32. The number of nitrogens with zero attached hydrogens (tertiary/aromatic N) is 1. The van der Waals surface area contributed by atoms with Crippen molar-refractivity contribution in [1.29, 1.82) is 0 Å². The highest BCUT2D eigenvalue weighted by Gasteiger charge is 2.28. The van der Waals surface area contributed by atoms with Gasteiger partial charge in [-0.25, -0.2) is 4.98 Å². The van der Waals surface area contributed by atoms with Gasteiger partial charge in [-0.3, -0.25) is 4.79 Å². The van der Waals surface area contributed by atoms with E-state index in [0.29, 0.717) is 6.61 Å². The Hall–Kier alpha value is -1.83. The summed E-state index contributed by atoms with van der Waals surface area (Å²) in [5.41, 5.74) is 0.254. The molecule has 1 fully saturated rings. The minimum absolute atomic E-state index is 0.00805. The Labute approximate surface area is 125 Å². The number of halogens is 3. The van der Waals surface area contributed by atoms with E-state index in [1.807, 2.05) is 6.92 Å². The van der Waals surface area contributed by atoms with Crippen molar-refractivity contribution in [2.45, 2.75) is 38.1 Å². The van der Waals surface area contributed by atoms with Gasteiger partial charge < -0.3 is 14.8 Å². The molecule has 0 bridgehead atoms. The lowest BCUT2D eigenvalue weighted by atomic mass is 10.1. The van der Waals surface area contributed by atoms with Crippen LogP contribution in [0.2, 0.25) is 0 Å². The van der Waals surface area contributed by atoms with E-state index in [9.17, 15) is 18.0 Å². The number of alkyl halides is 3. The largest absolute Gasteiger partial charge is 0.468 e. The van der Waals surface area contributed by atoms with Gasteiger partial charge in [0.2, 0.25) is 5.88 Å². The summed E-state index contributed by atoms with van der Waals surface area (Å²) in [6.07, 6.45) is -1.38. The van der Waals surface area contributed by atoms with E-state index in [-0.39, 0.29) is 29.5 Å². The molecule has 1 aromatic rings. The van der Waals surface area contributed by atoms with E-state index in [1.165, 1.54) is 18.3 Å². The first-order valence-corrected chi connectivity index (χ1v) is 6.93. The predicted molar refractivity (Wildman–Crippen MR) is 71.7 cm³/mol. The molecule has 0 radical (unpaired) electrons. The van der Waals surface area contributed by atoms with Crippen LogP contribution in [0.25, 0.3) is 0 Å². The van der Waals surface area contributed by atoms with Crippen LogP contribution in [0.3, 0.4) is 0 Å². The van der Waals surface area contributed by atoms with Crippen LogP contribution in [0.1, 0.15) is 30.1 Å². The summed E-state index contributed by atoms with van der Waals surface area (Å²) < 4.78 is 46.0. The maximum atomic E-state index is 12.0. The number of pyridine rings is 1. The number of hydrogen-bond donors (Lipinski definition) is 1. The fourth-order valence-corrected chi connectivity index (χ4v) is 2.14. The Kier molecular flexibility index (Phi) is 5.23. The van der Waals surface area contributed by atoms with Crippen LogP contribution in [0, 0.1) is 0 Å². The molecule has 0 spiro atoms. The van der Waals surface area contributed by atoms with Gasteiger partial charge in [-0.1, -0.05) is 0 Å². The molecular weight excluding hydrogens is 301 g/mol. The first-order chi connectivity index (χ1) is 10.3. The van der Waals surface area contributed by atoms with E-state index in [1.54, 1.807) is 0 Å². The second kappa shape index (κ2) is 6.95. The minimum Gasteiger partial charge on any atom is -0.468 e. The Bertz CT molecular complexity index is 499. The molecule has 0 unspecified atom stereocenters. The van der Waals surface area contributed by atoms with Crippen molar-refractivity contribution in [3.63, 3.8) is 0 Å². The van der Waals surface area contributed by atoms with Gasteiger partial charge in [0.25, 0.3) is 5.91 Å². The quantitative estimate of drug-likeness (QED) is 0.905. The molecule has 1 aliphatic rings. The van der Waals surface area contributed by atoms with Gasteiger partial charge in [-0.05, 0) is 25.8 Å². The third-order valence-electron chi connectivity index (χ3n) is 3.26. The second-order valence-electron chi connectivity index (χ2n) is 5.10. The van der Waals surface area contributed by atoms with Gasteiger partial charge in [0, 0.05) is 18.9 Å². The molecule has 1 aliphatic heterocycles. The Morgan fingerprint density at radius 1 is 1.55 bits per heavy atom. The third-order valence-corrected chi connectivity index (χ3v) is 3.26. The fraction of sp³-hybridized carbons (Fsp3) is 0.571. The van der Waals surface area contributed by atoms with E-state index in [2.05, 4.69) is 15.0 Å². The molecule has 2 rings (SSSR count). The fourth-order valence-electron chi connectivity index (χ4n) is 2.14. The smallest absolute Gasteiger partial charge is 0.422 e.